The van der Waals surface area contributed by atoms with Crippen LogP contribution in [-0.2, 0) is 16.9 Å². The Morgan fingerprint density at radius 1 is 1.29 bits per heavy atom. The van der Waals surface area contributed by atoms with E-state index < -0.39 is 27.6 Å². The second-order valence-corrected chi connectivity index (χ2v) is 10.6. The molecule has 3 N–H and O–H groups in total. The summed E-state index contributed by atoms with van der Waals surface area (Å²) in [6.07, 6.45) is 2.85. The third-order valence-electron chi connectivity index (χ3n) is 5.12. The number of sulfone groups is 1. The minimum atomic E-state index is -3.14. The van der Waals surface area contributed by atoms with Crippen LogP contribution in [0.2, 0.25) is 5.02 Å². The van der Waals surface area contributed by atoms with Gasteiger partial charge in [0, 0.05) is 36.7 Å². The van der Waals surface area contributed by atoms with Crippen LogP contribution in [0, 0.1) is 5.82 Å². The second kappa shape index (κ2) is 11.1. The Morgan fingerprint density at radius 2 is 2.03 bits per heavy atom. The Hall–Kier alpha value is -3.15. The highest BCUT2D eigenvalue weighted by Crippen LogP contribution is 2.37. The molecule has 1 unspecified atom stereocenters. The first-order valence-electron chi connectivity index (χ1n) is 10.5. The van der Waals surface area contributed by atoms with Gasteiger partial charge in [0.2, 0.25) is 0 Å². The molecule has 3 aromatic rings. The lowest BCUT2D eigenvalue weighted by Gasteiger charge is -2.17. The van der Waals surface area contributed by atoms with Crippen molar-refractivity contribution in [1.82, 2.24) is 9.78 Å². The number of carbonyl (C=O) groups is 1. The van der Waals surface area contributed by atoms with Crippen LogP contribution in [-0.4, -0.2) is 55.9 Å². The number of aromatic nitrogens is 2. The van der Waals surface area contributed by atoms with Gasteiger partial charge in [-0.3, -0.25) is 9.48 Å². The quantitative estimate of drug-likeness (QED) is 0.417. The zero-order valence-electron chi connectivity index (χ0n) is 19.4. The first-order valence-corrected chi connectivity index (χ1v) is 12.9. The highest BCUT2D eigenvalue weighted by Gasteiger charge is 2.19. The molecule has 188 valence electrons. The van der Waals surface area contributed by atoms with Crippen LogP contribution in [0.3, 0.4) is 0 Å². The van der Waals surface area contributed by atoms with Gasteiger partial charge in [-0.15, -0.1) is 0 Å². The van der Waals surface area contributed by atoms with Crippen LogP contribution in [0.25, 0.3) is 11.3 Å². The van der Waals surface area contributed by atoms with Gasteiger partial charge in [-0.2, -0.15) is 5.10 Å². The molecular formula is C23H26ClFN4O5S. The van der Waals surface area contributed by atoms with Crippen LogP contribution in [0.5, 0.6) is 11.5 Å². The standard InChI is InChI=1S/C23H26ClFN4O5S/c1-29-22(19(24)12-27-29)18-10-15(28-23(30)17-6-5-16(33-2)11-20(17)25)4-7-21(18)34-13-14(26)8-9-35(3,31)32/h4-7,10-12,14H,8-9,13,26H2,1-3H3,(H,28,30). The van der Waals surface area contributed by atoms with E-state index >= 15 is 0 Å². The Bertz CT molecular complexity index is 1310. The predicted molar refractivity (Wildman–Crippen MR) is 132 cm³/mol. The zero-order chi connectivity index (χ0) is 25.8. The number of benzene rings is 2. The molecule has 0 spiro atoms. The molecule has 0 aliphatic carbocycles. The molecule has 1 heterocycles. The first-order chi connectivity index (χ1) is 16.5. The van der Waals surface area contributed by atoms with Gasteiger partial charge in [0.25, 0.3) is 5.91 Å². The molecule has 1 amide bonds. The molecular weight excluding hydrogens is 499 g/mol. The molecule has 0 bridgehead atoms. The van der Waals surface area contributed by atoms with Gasteiger partial charge in [-0.25, -0.2) is 12.8 Å². The van der Waals surface area contributed by atoms with Crippen molar-refractivity contribution in [3.05, 3.63) is 59.0 Å². The average Bonchev–Trinajstić information content (AvgIpc) is 3.13. The topological polar surface area (TPSA) is 126 Å². The van der Waals surface area contributed by atoms with Crippen LogP contribution in [0.1, 0.15) is 16.8 Å². The summed E-state index contributed by atoms with van der Waals surface area (Å²) in [5.74, 6) is -0.726. The summed E-state index contributed by atoms with van der Waals surface area (Å²) in [5.41, 5.74) is 7.27. The van der Waals surface area contributed by atoms with Crippen molar-refractivity contribution in [2.45, 2.75) is 12.5 Å². The van der Waals surface area contributed by atoms with E-state index in [-0.39, 0.29) is 24.3 Å². The molecule has 0 radical (unpaired) electrons. The van der Waals surface area contributed by atoms with E-state index in [2.05, 4.69) is 10.4 Å². The molecule has 0 saturated heterocycles. The number of carbonyl (C=O) groups excluding carboxylic acids is 1. The zero-order valence-corrected chi connectivity index (χ0v) is 21.0. The van der Waals surface area contributed by atoms with Gasteiger partial charge < -0.3 is 20.5 Å². The number of halogens is 2. The summed E-state index contributed by atoms with van der Waals surface area (Å²) in [6, 6.07) is 8.25. The molecule has 2 aromatic carbocycles. The Balaban J connectivity index is 1.86. The lowest BCUT2D eigenvalue weighted by Crippen LogP contribution is -2.30. The second-order valence-electron chi connectivity index (χ2n) is 7.97. The number of nitrogens with one attached hydrogen (secondary N) is 1. The van der Waals surface area contributed by atoms with E-state index in [1.54, 1.807) is 29.9 Å². The number of nitrogens with two attached hydrogens (primary N) is 1. The molecule has 35 heavy (non-hydrogen) atoms. The van der Waals surface area contributed by atoms with Crippen molar-refractivity contribution < 1.29 is 27.1 Å². The van der Waals surface area contributed by atoms with Crippen molar-refractivity contribution in [3.8, 4) is 22.8 Å². The largest absolute Gasteiger partial charge is 0.497 e. The minimum absolute atomic E-state index is 0.0508. The summed E-state index contributed by atoms with van der Waals surface area (Å²) in [4.78, 5) is 12.7. The maximum atomic E-state index is 14.3. The van der Waals surface area contributed by atoms with Gasteiger partial charge >= 0.3 is 0 Å². The molecule has 12 heteroatoms. The van der Waals surface area contributed by atoms with Crippen molar-refractivity contribution >= 4 is 33.0 Å². The molecule has 1 atom stereocenters. The van der Waals surface area contributed by atoms with Gasteiger partial charge in [0.1, 0.15) is 33.8 Å². The number of nitrogens with zero attached hydrogens (tertiary/aromatic N) is 2. The number of ether oxygens (including phenoxy) is 2. The van der Waals surface area contributed by atoms with Gasteiger partial charge in [0.15, 0.2) is 0 Å². The van der Waals surface area contributed by atoms with Crippen molar-refractivity contribution in [2.24, 2.45) is 12.8 Å². The maximum absolute atomic E-state index is 14.3. The number of rotatable bonds is 10. The van der Waals surface area contributed by atoms with Crippen molar-refractivity contribution in [1.29, 1.82) is 0 Å². The maximum Gasteiger partial charge on any atom is 0.258 e. The number of hydrogen-bond donors (Lipinski definition) is 2. The molecule has 0 aliphatic heterocycles. The number of hydrogen-bond acceptors (Lipinski definition) is 7. The lowest BCUT2D eigenvalue weighted by molar-refractivity contribution is 0.102. The van der Waals surface area contributed by atoms with Crippen LogP contribution in [0.15, 0.2) is 42.6 Å². The monoisotopic (exact) mass is 524 g/mol. The molecule has 9 nitrogen and oxygen atoms in total. The molecule has 0 saturated carbocycles. The predicted octanol–water partition coefficient (Wildman–Crippen LogP) is 3.28. The fourth-order valence-corrected chi connectivity index (χ4v) is 4.28. The van der Waals surface area contributed by atoms with E-state index in [9.17, 15) is 17.6 Å². The van der Waals surface area contributed by atoms with Crippen LogP contribution < -0.4 is 20.5 Å². The van der Waals surface area contributed by atoms with E-state index in [1.165, 1.54) is 25.4 Å². The highest BCUT2D eigenvalue weighted by atomic mass is 35.5. The normalized spacial score (nSPS) is 12.3. The number of amides is 1. The number of aryl methyl sites for hydroxylation is 1. The summed E-state index contributed by atoms with van der Waals surface area (Å²) in [6.45, 7) is 0.0563. The van der Waals surface area contributed by atoms with Crippen LogP contribution >= 0.6 is 11.6 Å². The summed E-state index contributed by atoms with van der Waals surface area (Å²) >= 11 is 6.34. The molecule has 1 aromatic heterocycles. The Labute approximate surface area is 207 Å². The van der Waals surface area contributed by atoms with Crippen molar-refractivity contribution in [3.63, 3.8) is 0 Å². The SMILES string of the molecule is COc1ccc(C(=O)Nc2ccc(OCC(N)CCS(C)(=O)=O)c(-c3c(Cl)cnn3C)c2)c(F)c1. The average molecular weight is 525 g/mol. The smallest absolute Gasteiger partial charge is 0.258 e. The number of anilines is 1. The number of methoxy groups -OCH3 is 1. The molecule has 0 fully saturated rings. The van der Waals surface area contributed by atoms with Gasteiger partial charge in [0.05, 0.1) is 35.3 Å². The fraction of sp³-hybridized carbons (Fsp3) is 0.304. The van der Waals surface area contributed by atoms with E-state index in [0.29, 0.717) is 33.5 Å². The third-order valence-corrected chi connectivity index (χ3v) is 6.37. The van der Waals surface area contributed by atoms with E-state index in [1.807, 2.05) is 0 Å². The third kappa shape index (κ3) is 6.93. The Kier molecular flexibility index (Phi) is 8.36. The lowest BCUT2D eigenvalue weighted by atomic mass is 10.1. The molecule has 0 aliphatic rings. The minimum Gasteiger partial charge on any atom is -0.497 e. The van der Waals surface area contributed by atoms with Crippen LogP contribution in [0.4, 0.5) is 10.1 Å². The van der Waals surface area contributed by atoms with E-state index in [0.717, 1.165) is 12.3 Å². The summed E-state index contributed by atoms with van der Waals surface area (Å²) < 4.78 is 49.5. The summed E-state index contributed by atoms with van der Waals surface area (Å²) in [5, 5.41) is 7.16. The van der Waals surface area contributed by atoms with Crippen molar-refractivity contribution in [2.75, 3.05) is 31.0 Å². The highest BCUT2D eigenvalue weighted by molar-refractivity contribution is 7.90. The van der Waals surface area contributed by atoms with Gasteiger partial charge in [-0.1, -0.05) is 11.6 Å². The van der Waals surface area contributed by atoms with E-state index in [4.69, 9.17) is 26.8 Å². The Morgan fingerprint density at radius 3 is 2.63 bits per heavy atom. The summed E-state index contributed by atoms with van der Waals surface area (Å²) in [7, 11) is -0.0428. The fourth-order valence-electron chi connectivity index (χ4n) is 3.28. The molecule has 3 rings (SSSR count). The van der Waals surface area contributed by atoms with Gasteiger partial charge in [-0.05, 0) is 36.8 Å². The first kappa shape index (κ1) is 26.5.